The zero-order chi connectivity index (χ0) is 19.3. The van der Waals surface area contributed by atoms with E-state index in [4.69, 9.17) is 0 Å². The van der Waals surface area contributed by atoms with Gasteiger partial charge in [-0.2, -0.15) is 5.26 Å². The standard InChI is InChI=1S/C19H16N2O5/c1-12(22)21-19(11-20,18(25)26)10-13-2-4-14(5-3-13)17(24)15-6-8-16(23)9-7-15/h2-9,23H,10H2,1H3,(H,21,22)(H,25,26). The molecule has 2 aromatic rings. The van der Waals surface area contributed by atoms with Crippen molar-refractivity contribution in [1.82, 2.24) is 5.32 Å². The summed E-state index contributed by atoms with van der Waals surface area (Å²) in [7, 11) is 0. The molecular weight excluding hydrogens is 336 g/mol. The van der Waals surface area contributed by atoms with Gasteiger partial charge in [0.25, 0.3) is 0 Å². The van der Waals surface area contributed by atoms with Crippen LogP contribution in [0.3, 0.4) is 0 Å². The van der Waals surface area contributed by atoms with Gasteiger partial charge in [-0.05, 0) is 29.8 Å². The predicted octanol–water partition coefficient (Wildman–Crippen LogP) is 1.65. The highest BCUT2D eigenvalue weighted by Gasteiger charge is 2.40. The van der Waals surface area contributed by atoms with Crippen LogP contribution in [0.1, 0.15) is 28.4 Å². The van der Waals surface area contributed by atoms with Gasteiger partial charge in [0.2, 0.25) is 11.4 Å². The summed E-state index contributed by atoms with van der Waals surface area (Å²) < 4.78 is 0. The van der Waals surface area contributed by atoms with Gasteiger partial charge < -0.3 is 15.5 Å². The Bertz CT molecular complexity index is 882. The van der Waals surface area contributed by atoms with E-state index in [2.05, 4.69) is 5.32 Å². The van der Waals surface area contributed by atoms with Gasteiger partial charge >= 0.3 is 5.97 Å². The summed E-state index contributed by atoms with van der Waals surface area (Å²) in [6.07, 6.45) is -0.244. The first kappa shape index (κ1) is 18.7. The summed E-state index contributed by atoms with van der Waals surface area (Å²) in [5, 5.41) is 30.0. The Kier molecular flexibility index (Phi) is 5.38. The second kappa shape index (κ2) is 7.49. The van der Waals surface area contributed by atoms with Crippen LogP contribution in [0, 0.1) is 11.3 Å². The van der Waals surface area contributed by atoms with Crippen LogP contribution in [-0.2, 0) is 16.0 Å². The van der Waals surface area contributed by atoms with Gasteiger partial charge in [0.15, 0.2) is 5.78 Å². The lowest BCUT2D eigenvalue weighted by molar-refractivity contribution is -0.144. The molecule has 7 heteroatoms. The summed E-state index contributed by atoms with van der Waals surface area (Å²) in [6, 6.07) is 13.5. The Hall–Kier alpha value is -3.66. The van der Waals surface area contributed by atoms with Crippen molar-refractivity contribution in [3.8, 4) is 11.8 Å². The van der Waals surface area contributed by atoms with Gasteiger partial charge in [-0.1, -0.05) is 24.3 Å². The number of carbonyl (C=O) groups is 3. The van der Waals surface area contributed by atoms with Crippen molar-refractivity contribution in [2.75, 3.05) is 0 Å². The lowest BCUT2D eigenvalue weighted by atomic mass is 9.91. The maximum atomic E-state index is 12.4. The van der Waals surface area contributed by atoms with E-state index in [1.165, 1.54) is 48.5 Å². The first-order chi connectivity index (χ1) is 12.3. The second-order valence-electron chi connectivity index (χ2n) is 5.75. The van der Waals surface area contributed by atoms with Gasteiger partial charge in [-0.3, -0.25) is 9.59 Å². The minimum atomic E-state index is -2.08. The molecule has 0 aliphatic heterocycles. The number of carbonyl (C=O) groups excluding carboxylic acids is 2. The van der Waals surface area contributed by atoms with Gasteiger partial charge in [-0.25, -0.2) is 4.79 Å². The van der Waals surface area contributed by atoms with Gasteiger partial charge in [0.05, 0.1) is 0 Å². The minimum absolute atomic E-state index is 0.0522. The Balaban J connectivity index is 2.24. The quantitative estimate of drug-likeness (QED) is 0.678. The summed E-state index contributed by atoms with van der Waals surface area (Å²) in [5.41, 5.74) is -0.832. The minimum Gasteiger partial charge on any atom is -0.508 e. The number of nitriles is 1. The van der Waals surface area contributed by atoms with Crippen LogP contribution in [0.4, 0.5) is 0 Å². The highest BCUT2D eigenvalue weighted by molar-refractivity contribution is 6.09. The zero-order valence-electron chi connectivity index (χ0n) is 13.9. The molecule has 0 radical (unpaired) electrons. The second-order valence-corrected chi connectivity index (χ2v) is 5.75. The van der Waals surface area contributed by atoms with Crippen LogP contribution in [0.25, 0.3) is 0 Å². The van der Waals surface area contributed by atoms with Crippen LogP contribution in [0.5, 0.6) is 5.75 Å². The number of aromatic hydroxyl groups is 1. The van der Waals surface area contributed by atoms with E-state index in [1.54, 1.807) is 6.07 Å². The maximum Gasteiger partial charge on any atom is 0.344 e. The molecule has 0 spiro atoms. The fourth-order valence-electron chi connectivity index (χ4n) is 2.45. The number of carboxylic acid groups (broad SMARTS) is 1. The van der Waals surface area contributed by atoms with Crippen LogP contribution in [-0.4, -0.2) is 33.4 Å². The molecule has 132 valence electrons. The molecule has 0 bridgehead atoms. The third kappa shape index (κ3) is 4.05. The number of phenolic OH excluding ortho intramolecular Hbond substituents is 1. The predicted molar refractivity (Wildman–Crippen MR) is 91.5 cm³/mol. The molecule has 1 atom stereocenters. The smallest absolute Gasteiger partial charge is 0.344 e. The highest BCUT2D eigenvalue weighted by Crippen LogP contribution is 2.18. The number of phenols is 1. The van der Waals surface area contributed by atoms with E-state index in [-0.39, 0.29) is 18.0 Å². The summed E-state index contributed by atoms with van der Waals surface area (Å²) in [5.74, 6) is -2.30. The Morgan fingerprint density at radius 2 is 1.54 bits per heavy atom. The number of aliphatic carboxylic acids is 1. The van der Waals surface area contributed by atoms with E-state index >= 15 is 0 Å². The van der Waals surface area contributed by atoms with Crippen molar-refractivity contribution in [3.63, 3.8) is 0 Å². The van der Waals surface area contributed by atoms with Crippen LogP contribution < -0.4 is 5.32 Å². The fourth-order valence-corrected chi connectivity index (χ4v) is 2.45. The Morgan fingerprint density at radius 1 is 1.04 bits per heavy atom. The summed E-state index contributed by atoms with van der Waals surface area (Å²) >= 11 is 0. The van der Waals surface area contributed by atoms with Gasteiger partial charge in [-0.15, -0.1) is 0 Å². The molecule has 0 aromatic heterocycles. The number of amides is 1. The van der Waals surface area contributed by atoms with Crippen molar-refractivity contribution in [3.05, 3.63) is 65.2 Å². The lowest BCUT2D eigenvalue weighted by Crippen LogP contribution is -2.54. The molecule has 0 aliphatic rings. The Morgan fingerprint density at radius 3 is 1.96 bits per heavy atom. The molecule has 0 aliphatic carbocycles. The first-order valence-electron chi connectivity index (χ1n) is 7.63. The summed E-state index contributed by atoms with van der Waals surface area (Å²) in [6.45, 7) is 1.13. The normalized spacial score (nSPS) is 12.5. The van der Waals surface area contributed by atoms with Crippen molar-refractivity contribution in [1.29, 1.82) is 5.26 Å². The van der Waals surface area contributed by atoms with E-state index in [9.17, 15) is 29.9 Å². The number of ketones is 1. The SMILES string of the molecule is CC(=O)NC(C#N)(Cc1ccc(C(=O)c2ccc(O)cc2)cc1)C(=O)O. The molecular formula is C19H16N2O5. The monoisotopic (exact) mass is 352 g/mol. The molecule has 0 fully saturated rings. The number of nitrogens with one attached hydrogen (secondary N) is 1. The number of rotatable bonds is 6. The lowest BCUT2D eigenvalue weighted by Gasteiger charge is -2.22. The van der Waals surface area contributed by atoms with Crippen molar-refractivity contribution in [2.45, 2.75) is 18.9 Å². The number of nitrogens with zero attached hydrogens (tertiary/aromatic N) is 1. The number of hydrogen-bond donors (Lipinski definition) is 3. The molecule has 0 heterocycles. The van der Waals surface area contributed by atoms with Crippen molar-refractivity contribution >= 4 is 17.7 Å². The molecule has 26 heavy (non-hydrogen) atoms. The average Bonchev–Trinajstić information content (AvgIpc) is 2.61. The van der Waals surface area contributed by atoms with Crippen molar-refractivity contribution < 1.29 is 24.6 Å². The van der Waals surface area contributed by atoms with Gasteiger partial charge in [0, 0.05) is 24.5 Å². The largest absolute Gasteiger partial charge is 0.508 e. The average molecular weight is 352 g/mol. The molecule has 3 N–H and O–H groups in total. The van der Waals surface area contributed by atoms with Gasteiger partial charge in [0.1, 0.15) is 11.8 Å². The molecule has 0 saturated carbocycles. The van der Waals surface area contributed by atoms with Crippen LogP contribution in [0.2, 0.25) is 0 Å². The van der Waals surface area contributed by atoms with E-state index in [0.717, 1.165) is 6.92 Å². The number of carboxylic acids is 1. The zero-order valence-corrected chi connectivity index (χ0v) is 13.9. The summed E-state index contributed by atoms with van der Waals surface area (Å²) in [4.78, 5) is 35.1. The first-order valence-corrected chi connectivity index (χ1v) is 7.63. The topological polar surface area (TPSA) is 127 Å². The van der Waals surface area contributed by atoms with E-state index in [0.29, 0.717) is 16.7 Å². The highest BCUT2D eigenvalue weighted by atomic mass is 16.4. The molecule has 7 nitrogen and oxygen atoms in total. The molecule has 2 rings (SSSR count). The van der Waals surface area contributed by atoms with Crippen molar-refractivity contribution in [2.24, 2.45) is 0 Å². The Labute approximate surface area is 149 Å². The van der Waals surface area contributed by atoms with Crippen LogP contribution in [0.15, 0.2) is 48.5 Å². The number of hydrogen-bond acceptors (Lipinski definition) is 5. The molecule has 1 amide bonds. The van der Waals surface area contributed by atoms with E-state index < -0.39 is 17.4 Å². The maximum absolute atomic E-state index is 12.4. The molecule has 1 unspecified atom stereocenters. The molecule has 0 saturated heterocycles. The third-order valence-corrected chi connectivity index (χ3v) is 3.76. The van der Waals surface area contributed by atoms with Crippen LogP contribution >= 0.6 is 0 Å². The fraction of sp³-hybridized carbons (Fsp3) is 0.158. The molecule has 2 aromatic carbocycles. The number of benzene rings is 2. The third-order valence-electron chi connectivity index (χ3n) is 3.76. The van der Waals surface area contributed by atoms with E-state index in [1.807, 2.05) is 0 Å².